The van der Waals surface area contributed by atoms with Gasteiger partial charge in [-0.15, -0.1) is 0 Å². The second-order valence-corrected chi connectivity index (χ2v) is 7.85. The summed E-state index contributed by atoms with van der Waals surface area (Å²) in [7, 11) is 1.73. The van der Waals surface area contributed by atoms with Gasteiger partial charge in [-0.3, -0.25) is 14.6 Å². The van der Waals surface area contributed by atoms with Gasteiger partial charge < -0.3 is 10.7 Å². The Morgan fingerprint density at radius 2 is 2.17 bits per heavy atom. The molecule has 0 bridgehead atoms. The fraction of sp³-hybridized carbons (Fsp3) is 0.150. The summed E-state index contributed by atoms with van der Waals surface area (Å²) in [4.78, 5) is 32.5. The van der Waals surface area contributed by atoms with E-state index in [1.165, 1.54) is 22.5 Å². The largest absolute Gasteiger partial charge is 0.367 e. The van der Waals surface area contributed by atoms with Crippen molar-refractivity contribution in [2.45, 2.75) is 13.0 Å². The average Bonchev–Trinajstić information content (AvgIpc) is 3.18. The Hall–Kier alpha value is -3.66. The van der Waals surface area contributed by atoms with Crippen molar-refractivity contribution < 1.29 is 4.79 Å². The number of nitrogens with zero attached hydrogens (tertiary/aromatic N) is 5. The van der Waals surface area contributed by atoms with E-state index in [-0.39, 0.29) is 17.8 Å². The van der Waals surface area contributed by atoms with Gasteiger partial charge in [0.25, 0.3) is 11.5 Å². The van der Waals surface area contributed by atoms with E-state index >= 15 is 0 Å². The Morgan fingerprint density at radius 3 is 2.90 bits per heavy atom. The van der Waals surface area contributed by atoms with E-state index in [2.05, 4.69) is 26.7 Å². The first-order chi connectivity index (χ1) is 14.4. The maximum atomic E-state index is 13.2. The minimum Gasteiger partial charge on any atom is -0.367 e. The van der Waals surface area contributed by atoms with Gasteiger partial charge in [0.1, 0.15) is 16.4 Å². The third kappa shape index (κ3) is 3.90. The molecule has 1 aliphatic rings. The number of nitrogens with two attached hydrogens (primary N) is 1. The summed E-state index contributed by atoms with van der Waals surface area (Å²) < 4.78 is 1.28. The topological polar surface area (TPSA) is 122 Å². The second kappa shape index (κ2) is 7.99. The number of carbonyl (C=O) groups excluding carboxylic acids is 1. The molecule has 1 aliphatic heterocycles. The Bertz CT molecular complexity index is 1210. The van der Waals surface area contributed by atoms with Gasteiger partial charge in [0.15, 0.2) is 0 Å². The number of aromatic amines is 1. The van der Waals surface area contributed by atoms with Crippen molar-refractivity contribution >= 4 is 33.3 Å². The molecule has 0 fully saturated rings. The van der Waals surface area contributed by atoms with Crippen molar-refractivity contribution in [2.24, 2.45) is 10.8 Å². The number of hydrazone groups is 1. The number of anilines is 1. The Labute approximate surface area is 176 Å². The summed E-state index contributed by atoms with van der Waals surface area (Å²) in [6.45, 7) is 4.21. The van der Waals surface area contributed by atoms with Gasteiger partial charge in [-0.25, -0.2) is 9.67 Å². The summed E-state index contributed by atoms with van der Waals surface area (Å²) in [5.74, 6) is -0.628. The maximum Gasteiger partial charge on any atom is 0.293 e. The van der Waals surface area contributed by atoms with E-state index in [0.29, 0.717) is 28.3 Å². The molecular weight excluding hydrogens is 402 g/mol. The van der Waals surface area contributed by atoms with Crippen LogP contribution in [0.1, 0.15) is 27.3 Å². The summed E-state index contributed by atoms with van der Waals surface area (Å²) >= 11 is 1.42. The molecule has 0 aromatic carbocycles. The van der Waals surface area contributed by atoms with Crippen molar-refractivity contribution in [3.05, 3.63) is 82.3 Å². The number of rotatable bonds is 5. The number of primary amides is 1. The molecule has 0 radical (unpaired) electrons. The molecule has 4 rings (SSSR count). The van der Waals surface area contributed by atoms with Gasteiger partial charge in [0, 0.05) is 36.3 Å². The highest BCUT2D eigenvalue weighted by Gasteiger charge is 2.23. The third-order valence-corrected chi connectivity index (χ3v) is 5.46. The summed E-state index contributed by atoms with van der Waals surface area (Å²) in [5.41, 5.74) is 7.71. The number of aromatic nitrogens is 4. The number of amides is 1. The molecule has 0 saturated heterocycles. The molecular formula is C20H19N7O2S. The third-order valence-electron chi connectivity index (χ3n) is 4.53. The molecule has 0 aliphatic carbocycles. The zero-order valence-electron chi connectivity index (χ0n) is 16.2. The van der Waals surface area contributed by atoms with Gasteiger partial charge >= 0.3 is 0 Å². The van der Waals surface area contributed by atoms with Crippen LogP contribution >= 0.6 is 11.8 Å². The molecule has 0 saturated carbocycles. The second-order valence-electron chi connectivity index (χ2n) is 6.69. The lowest BCUT2D eigenvalue weighted by molar-refractivity contribution is 0.0995. The number of nitrogens with one attached hydrogen (secondary N) is 1. The highest BCUT2D eigenvalue weighted by molar-refractivity contribution is 8.21. The molecule has 0 atom stereocenters. The number of carbonyl (C=O) groups is 1. The lowest BCUT2D eigenvalue weighted by Crippen LogP contribution is -2.30. The smallest absolute Gasteiger partial charge is 0.293 e. The van der Waals surface area contributed by atoms with Gasteiger partial charge in [0.2, 0.25) is 0 Å². The zero-order chi connectivity index (χ0) is 21.3. The van der Waals surface area contributed by atoms with Crippen molar-refractivity contribution in [1.29, 1.82) is 0 Å². The van der Waals surface area contributed by atoms with Crippen LogP contribution in [0.15, 0.2) is 59.3 Å². The number of thioether (sulfide) groups is 1. The van der Waals surface area contributed by atoms with E-state index in [0.717, 1.165) is 10.6 Å². The van der Waals surface area contributed by atoms with Gasteiger partial charge in [-0.05, 0) is 23.8 Å². The molecule has 0 spiro atoms. The minimum absolute atomic E-state index is 0.0978. The molecule has 0 unspecified atom stereocenters. The standard InChI is InChI=1S/C20H19N7O2S/c1-12-15-10-23-27(11-14-4-3-5-16(24-14)19(21)28)20(29)18(15)26(2)25-17(30-12)8-13-6-7-22-9-13/h3-7,9-10,22H,1,8,11H2,2H3,(H2,21,28). The van der Waals surface area contributed by atoms with Crippen LogP contribution in [0.3, 0.4) is 0 Å². The highest BCUT2D eigenvalue weighted by atomic mass is 32.2. The molecule has 152 valence electrons. The van der Waals surface area contributed by atoms with Crippen LogP contribution in [0.4, 0.5) is 5.69 Å². The number of fused-ring (bicyclic) bond motifs is 1. The van der Waals surface area contributed by atoms with Crippen LogP contribution in [0.5, 0.6) is 0 Å². The molecule has 30 heavy (non-hydrogen) atoms. The molecule has 3 aromatic heterocycles. The normalized spacial score (nSPS) is 13.6. The van der Waals surface area contributed by atoms with Crippen LogP contribution in [0.2, 0.25) is 0 Å². The Kier molecular flexibility index (Phi) is 5.23. The van der Waals surface area contributed by atoms with Crippen molar-refractivity contribution in [2.75, 3.05) is 12.1 Å². The van der Waals surface area contributed by atoms with E-state index in [1.807, 2.05) is 18.5 Å². The van der Waals surface area contributed by atoms with Crippen molar-refractivity contribution in [3.8, 4) is 0 Å². The number of pyridine rings is 1. The number of H-pyrrole nitrogens is 1. The van der Waals surface area contributed by atoms with E-state index in [1.54, 1.807) is 30.4 Å². The van der Waals surface area contributed by atoms with Crippen LogP contribution in [0, 0.1) is 0 Å². The summed E-state index contributed by atoms with van der Waals surface area (Å²) in [6, 6.07) is 6.87. The lowest BCUT2D eigenvalue weighted by Gasteiger charge is -2.16. The first kappa shape index (κ1) is 19.6. The van der Waals surface area contributed by atoms with E-state index < -0.39 is 5.91 Å². The monoisotopic (exact) mass is 421 g/mol. The molecule has 10 heteroatoms. The Morgan fingerprint density at radius 1 is 1.33 bits per heavy atom. The molecule has 3 N–H and O–H groups in total. The lowest BCUT2D eigenvalue weighted by atomic mass is 10.2. The SMILES string of the molecule is C=C1SC(Cc2cc[nH]c2)=NN(C)c2c1cnn(Cc1cccc(C(N)=O)n1)c2=O. The fourth-order valence-electron chi connectivity index (χ4n) is 3.12. The van der Waals surface area contributed by atoms with Crippen LogP contribution in [-0.2, 0) is 13.0 Å². The molecule has 9 nitrogen and oxygen atoms in total. The molecule has 1 amide bonds. The quantitative estimate of drug-likeness (QED) is 0.648. The molecule has 4 heterocycles. The summed E-state index contributed by atoms with van der Waals surface area (Å²) in [6.07, 6.45) is 5.99. The predicted octanol–water partition coefficient (Wildman–Crippen LogP) is 1.82. The van der Waals surface area contributed by atoms with Crippen molar-refractivity contribution in [3.63, 3.8) is 0 Å². The van der Waals surface area contributed by atoms with Gasteiger partial charge in [-0.1, -0.05) is 24.4 Å². The number of hydrogen-bond donors (Lipinski definition) is 2. The van der Waals surface area contributed by atoms with Crippen LogP contribution in [0.25, 0.3) is 4.91 Å². The first-order valence-corrected chi connectivity index (χ1v) is 9.90. The summed E-state index contributed by atoms with van der Waals surface area (Å²) in [5, 5.41) is 11.3. The van der Waals surface area contributed by atoms with Crippen molar-refractivity contribution in [1.82, 2.24) is 19.7 Å². The molecule has 3 aromatic rings. The predicted molar refractivity (Wildman–Crippen MR) is 117 cm³/mol. The van der Waals surface area contributed by atoms with Crippen LogP contribution < -0.4 is 16.3 Å². The number of hydrogen-bond acceptors (Lipinski definition) is 7. The van der Waals surface area contributed by atoms with Crippen LogP contribution in [-0.4, -0.2) is 37.7 Å². The first-order valence-electron chi connectivity index (χ1n) is 9.08. The van der Waals surface area contributed by atoms with Gasteiger partial charge in [0.05, 0.1) is 18.4 Å². The highest BCUT2D eigenvalue weighted by Crippen LogP contribution is 2.35. The van der Waals surface area contributed by atoms with E-state index in [4.69, 9.17) is 5.73 Å². The Balaban J connectivity index is 1.68. The minimum atomic E-state index is -0.628. The fourth-order valence-corrected chi connectivity index (χ4v) is 4.06. The average molecular weight is 421 g/mol. The maximum absolute atomic E-state index is 13.2. The zero-order valence-corrected chi connectivity index (χ0v) is 17.0. The van der Waals surface area contributed by atoms with Gasteiger partial charge in [-0.2, -0.15) is 10.2 Å². The van der Waals surface area contributed by atoms with E-state index in [9.17, 15) is 9.59 Å².